The molecule has 4 nitrogen and oxygen atoms in total. The Bertz CT molecular complexity index is 444. The number of ether oxygens (including phenoxy) is 2. The van der Waals surface area contributed by atoms with Crippen LogP contribution in [0.4, 0.5) is 0 Å². The van der Waals surface area contributed by atoms with Gasteiger partial charge in [-0.3, -0.25) is 0 Å². The first-order chi connectivity index (χ1) is 9.10. The number of hydrogen-bond donors (Lipinski definition) is 0. The molecule has 1 unspecified atom stereocenters. The molecular weight excluding hydrogens is 348 g/mol. The number of rotatable bonds is 5. The third-order valence-corrected chi connectivity index (χ3v) is 4.04. The molecule has 0 aromatic rings. The molecule has 20 heavy (non-hydrogen) atoms. The summed E-state index contributed by atoms with van der Waals surface area (Å²) in [6.07, 6.45) is 2.36. The van der Waals surface area contributed by atoms with Gasteiger partial charge in [0.05, 0.1) is 11.8 Å². The topological polar surface area (TPSA) is 47.9 Å². The standard InChI is InChI=1S/C12H15Cl4NO3/c1-4-19-12(20-8(2)3)5-9(17-7-18)10(13,14)6-11(12,15)16/h5,8H,4,6H2,1-3H3. The Morgan fingerprint density at radius 1 is 1.40 bits per heavy atom. The van der Waals surface area contributed by atoms with Gasteiger partial charge in [-0.2, -0.15) is 4.99 Å². The lowest BCUT2D eigenvalue weighted by Crippen LogP contribution is -2.56. The quantitative estimate of drug-likeness (QED) is 0.320. The zero-order valence-electron chi connectivity index (χ0n) is 11.3. The van der Waals surface area contributed by atoms with Crippen molar-refractivity contribution in [3.63, 3.8) is 0 Å². The van der Waals surface area contributed by atoms with Crippen molar-refractivity contribution >= 4 is 52.5 Å². The molecule has 0 amide bonds. The minimum absolute atomic E-state index is 0.0434. The van der Waals surface area contributed by atoms with Crippen LogP contribution in [0, 0.1) is 0 Å². The summed E-state index contributed by atoms with van der Waals surface area (Å²) < 4.78 is 8.26. The molecule has 0 spiro atoms. The molecule has 0 saturated heterocycles. The van der Waals surface area contributed by atoms with Gasteiger partial charge in [0.2, 0.25) is 11.9 Å². The Balaban J connectivity index is 3.43. The fraction of sp³-hybridized carbons (Fsp3) is 0.750. The van der Waals surface area contributed by atoms with Crippen LogP contribution in [-0.4, -0.2) is 33.2 Å². The van der Waals surface area contributed by atoms with Gasteiger partial charge in [0, 0.05) is 19.1 Å². The van der Waals surface area contributed by atoms with Gasteiger partial charge in [-0.1, -0.05) is 46.4 Å². The third-order valence-electron chi connectivity index (χ3n) is 2.59. The Morgan fingerprint density at radius 3 is 2.45 bits per heavy atom. The molecule has 0 radical (unpaired) electrons. The second kappa shape index (κ2) is 6.53. The van der Waals surface area contributed by atoms with Crippen LogP contribution in [0.15, 0.2) is 16.8 Å². The van der Waals surface area contributed by atoms with Crippen LogP contribution in [0.25, 0.3) is 0 Å². The van der Waals surface area contributed by atoms with Crippen LogP contribution < -0.4 is 0 Å². The fourth-order valence-electron chi connectivity index (χ4n) is 1.91. The molecular formula is C12H15Cl4NO3. The highest BCUT2D eigenvalue weighted by molar-refractivity contribution is 6.54. The van der Waals surface area contributed by atoms with Crippen molar-refractivity contribution in [2.75, 3.05) is 6.61 Å². The minimum Gasteiger partial charge on any atom is -0.344 e. The number of nitrogens with zero attached hydrogens (tertiary/aromatic N) is 1. The Morgan fingerprint density at radius 2 is 2.00 bits per heavy atom. The van der Waals surface area contributed by atoms with Crippen molar-refractivity contribution in [1.29, 1.82) is 0 Å². The number of aliphatic imine (C=N–C) groups is 1. The maximum atomic E-state index is 10.5. The molecule has 1 aliphatic rings. The van der Waals surface area contributed by atoms with Crippen LogP contribution in [0.5, 0.6) is 0 Å². The zero-order valence-corrected chi connectivity index (χ0v) is 14.3. The normalized spacial score (nSPS) is 27.9. The molecule has 0 fully saturated rings. The molecule has 0 aromatic carbocycles. The second-order valence-corrected chi connectivity index (χ2v) is 7.55. The van der Waals surface area contributed by atoms with Gasteiger partial charge in [0.15, 0.2) is 8.67 Å². The average molecular weight is 363 g/mol. The smallest absolute Gasteiger partial charge is 0.240 e. The lowest BCUT2D eigenvalue weighted by Gasteiger charge is -2.46. The number of halogens is 4. The molecule has 0 N–H and O–H groups in total. The highest BCUT2D eigenvalue weighted by Gasteiger charge is 2.59. The molecule has 8 heteroatoms. The van der Waals surface area contributed by atoms with Gasteiger partial charge in [-0.15, -0.1) is 0 Å². The largest absolute Gasteiger partial charge is 0.344 e. The summed E-state index contributed by atoms with van der Waals surface area (Å²) in [6, 6.07) is 0. The molecule has 0 saturated carbocycles. The van der Waals surface area contributed by atoms with E-state index in [0.29, 0.717) is 0 Å². The van der Waals surface area contributed by atoms with Crippen molar-refractivity contribution in [1.82, 2.24) is 0 Å². The number of alkyl halides is 4. The molecule has 0 aromatic heterocycles. The van der Waals surface area contributed by atoms with E-state index >= 15 is 0 Å². The van der Waals surface area contributed by atoms with Gasteiger partial charge in [-0.25, -0.2) is 4.79 Å². The molecule has 114 valence electrons. The second-order valence-electron chi connectivity index (χ2n) is 4.59. The first-order valence-corrected chi connectivity index (χ1v) is 7.50. The van der Waals surface area contributed by atoms with E-state index in [9.17, 15) is 4.79 Å². The number of allylic oxidation sites excluding steroid dienone is 1. The van der Waals surface area contributed by atoms with E-state index in [-0.39, 0.29) is 24.8 Å². The predicted octanol–water partition coefficient (Wildman–Crippen LogP) is 4.12. The molecule has 0 heterocycles. The van der Waals surface area contributed by atoms with Crippen LogP contribution in [0.2, 0.25) is 0 Å². The summed E-state index contributed by atoms with van der Waals surface area (Å²) in [4.78, 5) is 14.0. The van der Waals surface area contributed by atoms with Crippen LogP contribution >= 0.6 is 46.4 Å². The summed E-state index contributed by atoms with van der Waals surface area (Å²) in [6.45, 7) is 5.63. The van der Waals surface area contributed by atoms with Crippen molar-refractivity contribution in [2.45, 2.75) is 47.7 Å². The minimum atomic E-state index is -1.54. The summed E-state index contributed by atoms with van der Waals surface area (Å²) in [5.41, 5.74) is 0.0434. The van der Waals surface area contributed by atoms with E-state index in [4.69, 9.17) is 55.9 Å². The predicted molar refractivity (Wildman–Crippen MR) is 80.3 cm³/mol. The van der Waals surface area contributed by atoms with Gasteiger partial charge in [0.1, 0.15) is 0 Å². The lowest BCUT2D eigenvalue weighted by molar-refractivity contribution is -0.231. The van der Waals surface area contributed by atoms with Crippen LogP contribution in [-0.2, 0) is 14.3 Å². The summed E-state index contributed by atoms with van der Waals surface area (Å²) in [7, 11) is 0. The Kier molecular flexibility index (Phi) is 5.96. The first kappa shape index (κ1) is 18.2. The SMILES string of the molecule is CCOC1(OC(C)C)C=C(N=C=O)C(Cl)(Cl)CC1(Cl)Cl. The zero-order chi connectivity index (χ0) is 15.6. The number of hydrogen-bond acceptors (Lipinski definition) is 4. The fourth-order valence-corrected chi connectivity index (χ4v) is 3.49. The first-order valence-electron chi connectivity index (χ1n) is 5.99. The monoisotopic (exact) mass is 361 g/mol. The maximum absolute atomic E-state index is 10.5. The van der Waals surface area contributed by atoms with E-state index in [1.165, 1.54) is 12.2 Å². The van der Waals surface area contributed by atoms with Crippen LogP contribution in [0.1, 0.15) is 27.2 Å². The van der Waals surface area contributed by atoms with Crippen LogP contribution in [0.3, 0.4) is 0 Å². The number of carbonyl (C=O) groups excluding carboxylic acids is 1. The van der Waals surface area contributed by atoms with Crippen molar-refractivity contribution in [3.8, 4) is 0 Å². The molecule has 1 rings (SSSR count). The average Bonchev–Trinajstić information content (AvgIpc) is 2.24. The molecule has 0 aliphatic heterocycles. The van der Waals surface area contributed by atoms with Gasteiger partial charge >= 0.3 is 0 Å². The lowest BCUT2D eigenvalue weighted by atomic mass is 9.96. The van der Waals surface area contributed by atoms with Gasteiger partial charge in [0.25, 0.3) is 0 Å². The summed E-state index contributed by atoms with van der Waals surface area (Å²) in [5.74, 6) is -1.50. The van der Waals surface area contributed by atoms with Crippen molar-refractivity contribution in [3.05, 3.63) is 11.8 Å². The highest BCUT2D eigenvalue weighted by Crippen LogP contribution is 2.54. The van der Waals surface area contributed by atoms with E-state index in [2.05, 4.69) is 4.99 Å². The van der Waals surface area contributed by atoms with Crippen molar-refractivity contribution < 1.29 is 14.3 Å². The molecule has 1 aliphatic carbocycles. The number of isocyanates is 1. The van der Waals surface area contributed by atoms with E-state index in [0.717, 1.165) is 0 Å². The summed E-state index contributed by atoms with van der Waals surface area (Å²) in [5, 5.41) is 0. The van der Waals surface area contributed by atoms with Crippen molar-refractivity contribution in [2.24, 2.45) is 4.99 Å². The Labute approximate surface area is 138 Å². The van der Waals surface area contributed by atoms with Gasteiger partial charge < -0.3 is 9.47 Å². The molecule has 1 atom stereocenters. The summed E-state index contributed by atoms with van der Waals surface area (Å²) >= 11 is 24.9. The maximum Gasteiger partial charge on any atom is 0.240 e. The van der Waals surface area contributed by atoms with E-state index in [1.807, 2.05) is 0 Å². The van der Waals surface area contributed by atoms with Gasteiger partial charge in [-0.05, 0) is 20.8 Å². The van der Waals surface area contributed by atoms with E-state index < -0.39 is 14.5 Å². The Hall–Kier alpha value is 0.200. The molecule has 0 bridgehead atoms. The van der Waals surface area contributed by atoms with E-state index in [1.54, 1.807) is 20.8 Å². The third kappa shape index (κ3) is 3.69. The highest BCUT2D eigenvalue weighted by atomic mass is 35.5.